The van der Waals surface area contributed by atoms with E-state index in [1.54, 1.807) is 4.90 Å². The van der Waals surface area contributed by atoms with Crippen molar-refractivity contribution in [3.8, 4) is 0 Å². The minimum atomic E-state index is 0.0228. The molecule has 4 heteroatoms. The van der Waals surface area contributed by atoms with Crippen LogP contribution in [0.15, 0.2) is 28.7 Å². The molecular weight excluding hydrogens is 282 g/mol. The summed E-state index contributed by atoms with van der Waals surface area (Å²) in [6.07, 6.45) is 2.33. The molecule has 1 amide bonds. The van der Waals surface area contributed by atoms with Gasteiger partial charge in [0.1, 0.15) is 0 Å². The van der Waals surface area contributed by atoms with Crippen molar-refractivity contribution in [2.24, 2.45) is 0 Å². The van der Waals surface area contributed by atoms with Gasteiger partial charge in [-0.15, -0.1) is 0 Å². The molecule has 0 unspecified atom stereocenters. The zero-order valence-corrected chi connectivity index (χ0v) is 11.2. The maximum absolute atomic E-state index is 12.1. The van der Waals surface area contributed by atoms with E-state index in [2.05, 4.69) is 15.9 Å². The molecule has 0 saturated carbocycles. The second kappa shape index (κ2) is 5.65. The van der Waals surface area contributed by atoms with Crippen molar-refractivity contribution in [2.45, 2.75) is 25.3 Å². The van der Waals surface area contributed by atoms with E-state index in [0.29, 0.717) is 6.42 Å². The first-order chi connectivity index (χ1) is 8.20. The average Bonchev–Trinajstić information content (AvgIpc) is 2.77. The summed E-state index contributed by atoms with van der Waals surface area (Å²) in [6.45, 7) is 0.849. The van der Waals surface area contributed by atoms with Crippen molar-refractivity contribution in [1.29, 1.82) is 0 Å². The minimum absolute atomic E-state index is 0.0228. The average molecular weight is 298 g/mol. The molecule has 17 heavy (non-hydrogen) atoms. The SMILES string of the molecule is O=C(Cc1cccc(Br)c1)N1CCC[C@@H]1CO. The van der Waals surface area contributed by atoms with Crippen molar-refractivity contribution in [3.05, 3.63) is 34.3 Å². The number of aliphatic hydroxyl groups is 1. The summed E-state index contributed by atoms with van der Waals surface area (Å²) in [6, 6.07) is 7.81. The molecule has 0 radical (unpaired) electrons. The number of hydrogen-bond donors (Lipinski definition) is 1. The molecule has 1 atom stereocenters. The molecule has 1 aromatic rings. The fourth-order valence-corrected chi connectivity index (χ4v) is 2.72. The molecule has 0 spiro atoms. The summed E-state index contributed by atoms with van der Waals surface area (Å²) < 4.78 is 0.989. The van der Waals surface area contributed by atoms with Crippen LogP contribution < -0.4 is 0 Å². The Morgan fingerprint density at radius 2 is 2.35 bits per heavy atom. The van der Waals surface area contributed by atoms with Crippen LogP contribution in [0.2, 0.25) is 0 Å². The summed E-state index contributed by atoms with van der Waals surface area (Å²) in [7, 11) is 0. The normalized spacial score (nSPS) is 19.6. The van der Waals surface area contributed by atoms with Crippen LogP contribution in [0, 0.1) is 0 Å². The third-order valence-electron chi connectivity index (χ3n) is 3.15. The molecule has 0 aromatic heterocycles. The fraction of sp³-hybridized carbons (Fsp3) is 0.462. The van der Waals surface area contributed by atoms with E-state index in [1.165, 1.54) is 0 Å². The van der Waals surface area contributed by atoms with Gasteiger partial charge in [-0.2, -0.15) is 0 Å². The number of hydrogen-bond acceptors (Lipinski definition) is 2. The Labute approximate surface area is 110 Å². The van der Waals surface area contributed by atoms with Crippen molar-refractivity contribution < 1.29 is 9.90 Å². The Hall–Kier alpha value is -0.870. The highest BCUT2D eigenvalue weighted by Gasteiger charge is 2.27. The van der Waals surface area contributed by atoms with E-state index in [9.17, 15) is 9.90 Å². The number of carbonyl (C=O) groups excluding carboxylic acids is 1. The van der Waals surface area contributed by atoms with Crippen LogP contribution in [0.25, 0.3) is 0 Å². The van der Waals surface area contributed by atoms with Gasteiger partial charge < -0.3 is 10.0 Å². The molecule has 92 valence electrons. The number of aliphatic hydroxyl groups excluding tert-OH is 1. The molecule has 0 aliphatic carbocycles. The number of likely N-dealkylation sites (tertiary alicyclic amines) is 1. The topological polar surface area (TPSA) is 40.5 Å². The third-order valence-corrected chi connectivity index (χ3v) is 3.65. The molecule has 1 aromatic carbocycles. The van der Waals surface area contributed by atoms with Gasteiger partial charge in [0.15, 0.2) is 0 Å². The first-order valence-corrected chi connectivity index (χ1v) is 6.65. The van der Waals surface area contributed by atoms with Gasteiger partial charge in [-0.3, -0.25) is 4.79 Å². The highest BCUT2D eigenvalue weighted by atomic mass is 79.9. The van der Waals surface area contributed by atoms with Crippen LogP contribution in [0.5, 0.6) is 0 Å². The number of benzene rings is 1. The van der Waals surface area contributed by atoms with Gasteiger partial charge >= 0.3 is 0 Å². The van der Waals surface area contributed by atoms with Gasteiger partial charge in [0, 0.05) is 11.0 Å². The summed E-state index contributed by atoms with van der Waals surface area (Å²) in [4.78, 5) is 13.9. The predicted molar refractivity (Wildman–Crippen MR) is 69.7 cm³/mol. The summed E-state index contributed by atoms with van der Waals surface area (Å²) in [5, 5.41) is 9.19. The lowest BCUT2D eigenvalue weighted by Crippen LogP contribution is -2.38. The van der Waals surface area contributed by atoms with Crippen LogP contribution in [0.4, 0.5) is 0 Å². The Morgan fingerprint density at radius 1 is 1.53 bits per heavy atom. The van der Waals surface area contributed by atoms with Crippen LogP contribution in [0.3, 0.4) is 0 Å². The fourth-order valence-electron chi connectivity index (χ4n) is 2.28. The van der Waals surface area contributed by atoms with E-state index in [-0.39, 0.29) is 18.6 Å². The Morgan fingerprint density at radius 3 is 3.06 bits per heavy atom. The Kier molecular flexibility index (Phi) is 4.18. The summed E-state index contributed by atoms with van der Waals surface area (Å²) in [5.74, 6) is 0.111. The maximum atomic E-state index is 12.1. The third kappa shape index (κ3) is 3.07. The van der Waals surface area contributed by atoms with Crippen molar-refractivity contribution in [1.82, 2.24) is 4.90 Å². The van der Waals surface area contributed by atoms with Gasteiger partial charge in [0.25, 0.3) is 0 Å². The molecule has 0 bridgehead atoms. The predicted octanol–water partition coefficient (Wildman–Crippen LogP) is 1.97. The number of carbonyl (C=O) groups is 1. The number of nitrogens with zero attached hydrogens (tertiary/aromatic N) is 1. The molecule has 1 aliphatic rings. The molecule has 2 rings (SSSR count). The molecule has 1 saturated heterocycles. The molecular formula is C13H16BrNO2. The van der Waals surface area contributed by atoms with Crippen LogP contribution in [-0.2, 0) is 11.2 Å². The van der Waals surface area contributed by atoms with Gasteiger partial charge in [0.05, 0.1) is 19.1 Å². The second-order valence-corrected chi connectivity index (χ2v) is 5.29. The van der Waals surface area contributed by atoms with Gasteiger partial charge in [-0.1, -0.05) is 28.1 Å². The molecule has 1 fully saturated rings. The van der Waals surface area contributed by atoms with E-state index >= 15 is 0 Å². The standard InChI is InChI=1S/C13H16BrNO2/c14-11-4-1-3-10(7-11)8-13(17)15-6-2-5-12(15)9-16/h1,3-4,7,12,16H,2,5-6,8-9H2/t12-/m1/s1. The van der Waals surface area contributed by atoms with Crippen LogP contribution in [-0.4, -0.2) is 35.1 Å². The Bertz CT molecular complexity index is 408. The minimum Gasteiger partial charge on any atom is -0.394 e. The van der Waals surface area contributed by atoms with Gasteiger partial charge in [-0.25, -0.2) is 0 Å². The number of amides is 1. The lowest BCUT2D eigenvalue weighted by Gasteiger charge is -2.23. The zero-order valence-electron chi connectivity index (χ0n) is 9.60. The second-order valence-electron chi connectivity index (χ2n) is 4.37. The van der Waals surface area contributed by atoms with Gasteiger partial charge in [-0.05, 0) is 30.5 Å². The maximum Gasteiger partial charge on any atom is 0.227 e. The van der Waals surface area contributed by atoms with Crippen molar-refractivity contribution >= 4 is 21.8 Å². The first kappa shape index (κ1) is 12.6. The summed E-state index contributed by atoms with van der Waals surface area (Å²) >= 11 is 3.40. The highest BCUT2D eigenvalue weighted by Crippen LogP contribution is 2.19. The monoisotopic (exact) mass is 297 g/mol. The van der Waals surface area contributed by atoms with E-state index in [0.717, 1.165) is 29.4 Å². The summed E-state index contributed by atoms with van der Waals surface area (Å²) in [5.41, 5.74) is 1.01. The highest BCUT2D eigenvalue weighted by molar-refractivity contribution is 9.10. The van der Waals surface area contributed by atoms with Gasteiger partial charge in [0.2, 0.25) is 5.91 Å². The quantitative estimate of drug-likeness (QED) is 0.927. The van der Waals surface area contributed by atoms with Crippen LogP contribution >= 0.6 is 15.9 Å². The van der Waals surface area contributed by atoms with E-state index in [1.807, 2.05) is 24.3 Å². The van der Waals surface area contributed by atoms with Crippen LogP contribution in [0.1, 0.15) is 18.4 Å². The number of rotatable bonds is 3. The number of halogens is 1. The van der Waals surface area contributed by atoms with E-state index < -0.39 is 0 Å². The van der Waals surface area contributed by atoms with E-state index in [4.69, 9.17) is 0 Å². The van der Waals surface area contributed by atoms with Crippen molar-refractivity contribution in [3.63, 3.8) is 0 Å². The first-order valence-electron chi connectivity index (χ1n) is 5.85. The molecule has 3 nitrogen and oxygen atoms in total. The zero-order chi connectivity index (χ0) is 12.3. The lowest BCUT2D eigenvalue weighted by molar-refractivity contribution is -0.131. The molecule has 1 heterocycles. The molecule has 1 N–H and O–H groups in total. The lowest BCUT2D eigenvalue weighted by atomic mass is 10.1. The molecule has 1 aliphatic heterocycles. The van der Waals surface area contributed by atoms with Crippen molar-refractivity contribution in [2.75, 3.05) is 13.2 Å². The Balaban J connectivity index is 2.01. The smallest absolute Gasteiger partial charge is 0.227 e. The largest absolute Gasteiger partial charge is 0.394 e.